The van der Waals surface area contributed by atoms with Crippen LogP contribution in [0.4, 0.5) is 11.5 Å². The molecule has 18 heavy (non-hydrogen) atoms. The van der Waals surface area contributed by atoms with Gasteiger partial charge in [0.1, 0.15) is 0 Å². The fourth-order valence-electron chi connectivity index (χ4n) is 1.45. The Bertz CT molecular complexity index is 587. The number of rotatable bonds is 2. The van der Waals surface area contributed by atoms with Crippen molar-refractivity contribution >= 4 is 17.4 Å². The lowest BCUT2D eigenvalue weighted by molar-refractivity contribution is 0.102. The molecule has 1 heterocycles. The number of nitrogens with two attached hydrogens (primary N) is 1. The Morgan fingerprint density at radius 2 is 2.11 bits per heavy atom. The van der Waals surface area contributed by atoms with E-state index in [-0.39, 0.29) is 17.1 Å². The van der Waals surface area contributed by atoms with Crippen LogP contribution < -0.4 is 11.1 Å². The number of aromatic nitrogens is 2. The van der Waals surface area contributed by atoms with Crippen molar-refractivity contribution in [1.29, 1.82) is 0 Å². The van der Waals surface area contributed by atoms with E-state index in [4.69, 9.17) is 10.8 Å². The second-order valence-electron chi connectivity index (χ2n) is 3.73. The first-order valence-electron chi connectivity index (χ1n) is 5.10. The van der Waals surface area contributed by atoms with Crippen molar-refractivity contribution in [3.05, 3.63) is 30.0 Å². The molecule has 0 aliphatic heterocycles. The number of phenolic OH excluding ortho intramolecular Hbond substituents is 2. The molecule has 0 spiro atoms. The average molecular weight is 248 g/mol. The Labute approximate surface area is 102 Å². The van der Waals surface area contributed by atoms with Crippen LogP contribution in [0.2, 0.25) is 0 Å². The Kier molecular flexibility index (Phi) is 2.80. The van der Waals surface area contributed by atoms with Gasteiger partial charge in [-0.05, 0) is 18.2 Å². The summed E-state index contributed by atoms with van der Waals surface area (Å²) in [4.78, 5) is 11.9. The molecule has 0 bridgehead atoms. The molecule has 2 rings (SSSR count). The lowest BCUT2D eigenvalue weighted by atomic mass is 10.2. The lowest BCUT2D eigenvalue weighted by Gasteiger charge is -2.07. The van der Waals surface area contributed by atoms with E-state index in [1.165, 1.54) is 23.0 Å². The Morgan fingerprint density at radius 1 is 1.39 bits per heavy atom. The number of carbonyl (C=O) groups is 1. The molecule has 1 aromatic heterocycles. The van der Waals surface area contributed by atoms with Gasteiger partial charge in [-0.15, -0.1) is 0 Å². The molecule has 7 nitrogen and oxygen atoms in total. The minimum absolute atomic E-state index is 0.200. The number of nitrogens with zero attached hydrogens (tertiary/aromatic N) is 2. The molecule has 1 aromatic carbocycles. The smallest absolute Gasteiger partial charge is 0.257 e. The van der Waals surface area contributed by atoms with E-state index in [9.17, 15) is 9.90 Å². The molecule has 0 aliphatic rings. The van der Waals surface area contributed by atoms with Crippen LogP contribution in [0, 0.1) is 0 Å². The Morgan fingerprint density at radius 3 is 2.67 bits per heavy atom. The van der Waals surface area contributed by atoms with Gasteiger partial charge in [-0.1, -0.05) is 0 Å². The Hall–Kier alpha value is -2.70. The summed E-state index contributed by atoms with van der Waals surface area (Å²) in [5.41, 5.74) is 6.18. The second kappa shape index (κ2) is 4.28. The highest BCUT2D eigenvalue weighted by Gasteiger charge is 2.13. The maximum absolute atomic E-state index is 11.9. The second-order valence-corrected chi connectivity index (χ2v) is 3.73. The maximum atomic E-state index is 11.9. The zero-order valence-corrected chi connectivity index (χ0v) is 9.58. The highest BCUT2D eigenvalue weighted by atomic mass is 16.3. The molecule has 0 atom stereocenters. The van der Waals surface area contributed by atoms with Crippen LogP contribution in [0.25, 0.3) is 0 Å². The van der Waals surface area contributed by atoms with Gasteiger partial charge in [-0.3, -0.25) is 9.48 Å². The third-order valence-electron chi connectivity index (χ3n) is 2.44. The largest absolute Gasteiger partial charge is 0.504 e. The van der Waals surface area contributed by atoms with Crippen LogP contribution >= 0.6 is 0 Å². The molecular weight excluding hydrogens is 236 g/mol. The van der Waals surface area contributed by atoms with E-state index in [1.807, 2.05) is 0 Å². The van der Waals surface area contributed by atoms with Gasteiger partial charge >= 0.3 is 0 Å². The number of phenols is 2. The zero-order valence-electron chi connectivity index (χ0n) is 9.58. The number of carbonyl (C=O) groups excluding carboxylic acids is 1. The van der Waals surface area contributed by atoms with E-state index >= 15 is 0 Å². The van der Waals surface area contributed by atoms with Crippen LogP contribution in [-0.4, -0.2) is 25.9 Å². The van der Waals surface area contributed by atoms with Crippen molar-refractivity contribution in [1.82, 2.24) is 9.78 Å². The summed E-state index contributed by atoms with van der Waals surface area (Å²) in [5, 5.41) is 24.9. The van der Waals surface area contributed by atoms with E-state index < -0.39 is 5.91 Å². The monoisotopic (exact) mass is 248 g/mol. The summed E-state index contributed by atoms with van der Waals surface area (Å²) in [6.45, 7) is 0. The van der Waals surface area contributed by atoms with Crippen molar-refractivity contribution in [2.45, 2.75) is 0 Å². The maximum Gasteiger partial charge on any atom is 0.257 e. The molecule has 0 saturated carbocycles. The molecule has 94 valence electrons. The van der Waals surface area contributed by atoms with E-state index in [0.29, 0.717) is 11.5 Å². The molecule has 1 amide bonds. The molecule has 7 heteroatoms. The topological polar surface area (TPSA) is 113 Å². The van der Waals surface area contributed by atoms with Crippen LogP contribution in [0.3, 0.4) is 0 Å². The number of nitrogen functional groups attached to an aromatic ring is 1. The third kappa shape index (κ3) is 2.05. The molecule has 2 aromatic rings. The predicted molar refractivity (Wildman–Crippen MR) is 65.3 cm³/mol. The summed E-state index contributed by atoms with van der Waals surface area (Å²) in [6, 6.07) is 3.78. The van der Waals surface area contributed by atoms with Gasteiger partial charge < -0.3 is 21.3 Å². The summed E-state index contributed by atoms with van der Waals surface area (Å²) in [6.07, 6.45) is 1.42. The van der Waals surface area contributed by atoms with Gasteiger partial charge in [0.15, 0.2) is 17.3 Å². The third-order valence-corrected chi connectivity index (χ3v) is 2.44. The van der Waals surface area contributed by atoms with Crippen molar-refractivity contribution in [3.63, 3.8) is 0 Å². The summed E-state index contributed by atoms with van der Waals surface area (Å²) < 4.78 is 1.42. The van der Waals surface area contributed by atoms with E-state index in [0.717, 1.165) is 6.07 Å². The zero-order chi connectivity index (χ0) is 13.3. The van der Waals surface area contributed by atoms with E-state index in [2.05, 4.69) is 10.4 Å². The van der Waals surface area contributed by atoms with Gasteiger partial charge in [-0.2, -0.15) is 5.10 Å². The highest BCUT2D eigenvalue weighted by Crippen LogP contribution is 2.25. The molecule has 0 saturated heterocycles. The van der Waals surface area contributed by atoms with Gasteiger partial charge in [-0.25, -0.2) is 0 Å². The van der Waals surface area contributed by atoms with Gasteiger partial charge in [0.25, 0.3) is 5.91 Å². The fraction of sp³-hybridized carbons (Fsp3) is 0.0909. The normalized spacial score (nSPS) is 10.3. The van der Waals surface area contributed by atoms with Crippen LogP contribution in [0.1, 0.15) is 10.4 Å². The SMILES string of the molecule is Cn1ncc(N)c1NC(=O)c1ccc(O)c(O)c1. The number of amides is 1. The molecule has 0 radical (unpaired) electrons. The number of anilines is 2. The van der Waals surface area contributed by atoms with E-state index in [1.54, 1.807) is 7.05 Å². The van der Waals surface area contributed by atoms with Gasteiger partial charge in [0.05, 0.1) is 11.9 Å². The molecular formula is C11H12N4O3. The highest BCUT2D eigenvalue weighted by molar-refractivity contribution is 6.05. The first-order valence-corrected chi connectivity index (χ1v) is 5.10. The summed E-state index contributed by atoms with van der Waals surface area (Å²) >= 11 is 0. The fourth-order valence-corrected chi connectivity index (χ4v) is 1.45. The predicted octanol–water partition coefficient (Wildman–Crippen LogP) is 0.666. The van der Waals surface area contributed by atoms with Crippen LogP contribution in [-0.2, 0) is 7.05 Å². The van der Waals surface area contributed by atoms with Crippen LogP contribution in [0.5, 0.6) is 11.5 Å². The van der Waals surface area contributed by atoms with Gasteiger partial charge in [0, 0.05) is 12.6 Å². The number of aromatic hydroxyl groups is 2. The molecule has 5 N–H and O–H groups in total. The number of aryl methyl sites for hydroxylation is 1. The van der Waals surface area contributed by atoms with Crippen molar-refractivity contribution < 1.29 is 15.0 Å². The number of benzene rings is 1. The number of hydrogen-bond acceptors (Lipinski definition) is 5. The average Bonchev–Trinajstić information content (AvgIpc) is 2.64. The van der Waals surface area contributed by atoms with Crippen LogP contribution in [0.15, 0.2) is 24.4 Å². The number of nitrogens with one attached hydrogen (secondary N) is 1. The first kappa shape index (κ1) is 11.8. The Balaban J connectivity index is 2.25. The van der Waals surface area contributed by atoms with Crippen molar-refractivity contribution in [3.8, 4) is 11.5 Å². The quantitative estimate of drug-likeness (QED) is 0.583. The molecule has 0 aliphatic carbocycles. The first-order chi connectivity index (χ1) is 8.49. The van der Waals surface area contributed by atoms with Crippen molar-refractivity contribution in [2.75, 3.05) is 11.1 Å². The number of hydrogen-bond donors (Lipinski definition) is 4. The summed E-state index contributed by atoms with van der Waals surface area (Å²) in [7, 11) is 1.64. The molecule has 0 fully saturated rings. The van der Waals surface area contributed by atoms with Gasteiger partial charge in [0.2, 0.25) is 0 Å². The summed E-state index contributed by atoms with van der Waals surface area (Å²) in [5.74, 6) is -0.736. The standard InChI is InChI=1S/C11H12N4O3/c1-15-10(7(12)5-13-15)14-11(18)6-2-3-8(16)9(17)4-6/h2-5,16-17H,12H2,1H3,(H,14,18). The lowest BCUT2D eigenvalue weighted by Crippen LogP contribution is -2.15. The minimum Gasteiger partial charge on any atom is -0.504 e. The minimum atomic E-state index is -0.458. The molecule has 0 unspecified atom stereocenters. The van der Waals surface area contributed by atoms with Crippen molar-refractivity contribution in [2.24, 2.45) is 7.05 Å².